The van der Waals surface area contributed by atoms with Crippen molar-refractivity contribution in [2.75, 3.05) is 20.2 Å². The molecular weight excluding hydrogens is 268 g/mol. The number of methoxy groups -OCH3 is 1. The summed E-state index contributed by atoms with van der Waals surface area (Å²) < 4.78 is 5.20. The third-order valence-electron chi connectivity index (χ3n) is 3.31. The van der Waals surface area contributed by atoms with Crippen LogP contribution in [0.4, 0.5) is 0 Å². The van der Waals surface area contributed by atoms with Crippen LogP contribution in [-0.2, 0) is 12.8 Å². The summed E-state index contributed by atoms with van der Waals surface area (Å²) in [6.07, 6.45) is 3.99. The van der Waals surface area contributed by atoms with Crippen molar-refractivity contribution in [3.8, 4) is 5.75 Å². The highest BCUT2D eigenvalue weighted by Crippen LogP contribution is 2.18. The quantitative estimate of drug-likeness (QED) is 0.811. The molecule has 0 bridgehead atoms. The minimum atomic E-state index is 0.578. The van der Waals surface area contributed by atoms with Gasteiger partial charge in [0.1, 0.15) is 5.75 Å². The summed E-state index contributed by atoms with van der Waals surface area (Å²) in [7, 11) is 1.70. The predicted octanol–water partition coefficient (Wildman–Crippen LogP) is 3.16. The molecule has 1 unspecified atom stereocenters. The number of nitrogens with zero attached hydrogens (tertiary/aromatic N) is 1. The molecule has 0 spiro atoms. The lowest BCUT2D eigenvalue weighted by Gasteiger charge is -2.16. The van der Waals surface area contributed by atoms with Crippen LogP contribution in [0.25, 0.3) is 0 Å². The van der Waals surface area contributed by atoms with E-state index in [-0.39, 0.29) is 0 Å². The zero-order chi connectivity index (χ0) is 14.2. The molecule has 108 valence electrons. The number of hydrogen-bond donors (Lipinski definition) is 1. The van der Waals surface area contributed by atoms with E-state index in [1.54, 1.807) is 18.4 Å². The average Bonchev–Trinajstić information content (AvgIpc) is 2.98. The van der Waals surface area contributed by atoms with Crippen LogP contribution in [0.2, 0.25) is 0 Å². The fourth-order valence-corrected chi connectivity index (χ4v) is 2.99. The largest absolute Gasteiger partial charge is 0.497 e. The molecule has 1 heterocycles. The highest BCUT2D eigenvalue weighted by Gasteiger charge is 2.12. The van der Waals surface area contributed by atoms with E-state index >= 15 is 0 Å². The molecule has 0 saturated heterocycles. The van der Waals surface area contributed by atoms with Crippen LogP contribution in [0.3, 0.4) is 0 Å². The van der Waals surface area contributed by atoms with Gasteiger partial charge >= 0.3 is 0 Å². The van der Waals surface area contributed by atoms with Crippen LogP contribution < -0.4 is 10.1 Å². The van der Waals surface area contributed by atoms with E-state index in [2.05, 4.69) is 29.4 Å². The molecule has 0 aliphatic rings. The van der Waals surface area contributed by atoms with E-state index in [1.807, 2.05) is 23.7 Å². The van der Waals surface area contributed by atoms with E-state index in [4.69, 9.17) is 4.74 Å². The first-order valence-electron chi connectivity index (χ1n) is 7.03. The lowest BCUT2D eigenvalue weighted by atomic mass is 9.96. The molecule has 4 heteroatoms. The van der Waals surface area contributed by atoms with Crippen molar-refractivity contribution < 1.29 is 4.74 Å². The van der Waals surface area contributed by atoms with Gasteiger partial charge in [-0.1, -0.05) is 19.1 Å². The molecule has 0 fully saturated rings. The Bertz CT molecular complexity index is 482. The third-order valence-corrected chi connectivity index (χ3v) is 4.12. The topological polar surface area (TPSA) is 34.1 Å². The Morgan fingerprint density at radius 2 is 2.05 bits per heavy atom. The molecule has 2 aromatic rings. The number of hydrogen-bond acceptors (Lipinski definition) is 4. The Morgan fingerprint density at radius 1 is 1.25 bits per heavy atom. The fraction of sp³-hybridized carbons (Fsp3) is 0.438. The van der Waals surface area contributed by atoms with Gasteiger partial charge in [-0.2, -0.15) is 0 Å². The molecular formula is C16H22N2OS. The summed E-state index contributed by atoms with van der Waals surface area (Å²) in [5.74, 6) is 1.49. The van der Waals surface area contributed by atoms with Gasteiger partial charge in [0.25, 0.3) is 0 Å². The minimum Gasteiger partial charge on any atom is -0.497 e. The minimum absolute atomic E-state index is 0.578. The van der Waals surface area contributed by atoms with E-state index in [9.17, 15) is 0 Å². The predicted molar refractivity (Wildman–Crippen MR) is 84.5 cm³/mol. The van der Waals surface area contributed by atoms with Crippen LogP contribution in [0, 0.1) is 5.92 Å². The second-order valence-corrected chi connectivity index (χ2v) is 5.83. The Kier molecular flexibility index (Phi) is 6.02. The van der Waals surface area contributed by atoms with Gasteiger partial charge in [-0.25, -0.2) is 4.98 Å². The molecule has 1 aromatic carbocycles. The SMILES string of the molecule is CCNCC(Cc1ccc(OC)cc1)Cc1nccs1. The maximum absolute atomic E-state index is 5.20. The molecule has 0 radical (unpaired) electrons. The standard InChI is InChI=1S/C16H22N2OS/c1-3-17-12-14(11-16-18-8-9-20-16)10-13-4-6-15(19-2)7-5-13/h4-9,14,17H,3,10-12H2,1-2H3. The Morgan fingerprint density at radius 3 is 2.65 bits per heavy atom. The molecule has 1 aromatic heterocycles. The average molecular weight is 290 g/mol. The molecule has 0 aliphatic heterocycles. The summed E-state index contributed by atoms with van der Waals surface area (Å²) in [5.41, 5.74) is 1.35. The van der Waals surface area contributed by atoms with Crippen LogP contribution in [0.5, 0.6) is 5.75 Å². The summed E-state index contributed by atoms with van der Waals surface area (Å²) >= 11 is 1.74. The lowest BCUT2D eigenvalue weighted by Crippen LogP contribution is -2.25. The van der Waals surface area contributed by atoms with Gasteiger partial charge in [-0.05, 0) is 43.1 Å². The first-order valence-corrected chi connectivity index (χ1v) is 7.91. The fourth-order valence-electron chi connectivity index (χ4n) is 2.26. The number of rotatable bonds is 8. The van der Waals surface area contributed by atoms with Gasteiger partial charge in [0.2, 0.25) is 0 Å². The molecule has 1 N–H and O–H groups in total. The van der Waals surface area contributed by atoms with Crippen LogP contribution in [-0.4, -0.2) is 25.2 Å². The van der Waals surface area contributed by atoms with Crippen LogP contribution in [0.1, 0.15) is 17.5 Å². The first-order chi connectivity index (χ1) is 9.81. The lowest BCUT2D eigenvalue weighted by molar-refractivity contribution is 0.414. The highest BCUT2D eigenvalue weighted by atomic mass is 32.1. The molecule has 3 nitrogen and oxygen atoms in total. The maximum atomic E-state index is 5.20. The van der Waals surface area contributed by atoms with Gasteiger partial charge in [0.05, 0.1) is 12.1 Å². The molecule has 0 aliphatic carbocycles. The van der Waals surface area contributed by atoms with Gasteiger partial charge in [0.15, 0.2) is 0 Å². The molecule has 1 atom stereocenters. The van der Waals surface area contributed by atoms with E-state index in [1.165, 1.54) is 10.6 Å². The highest BCUT2D eigenvalue weighted by molar-refractivity contribution is 7.09. The maximum Gasteiger partial charge on any atom is 0.118 e. The van der Waals surface area contributed by atoms with Gasteiger partial charge in [-0.3, -0.25) is 0 Å². The van der Waals surface area contributed by atoms with Crippen molar-refractivity contribution in [2.24, 2.45) is 5.92 Å². The molecule has 20 heavy (non-hydrogen) atoms. The Hall–Kier alpha value is -1.39. The van der Waals surface area contributed by atoms with Crippen molar-refractivity contribution in [1.29, 1.82) is 0 Å². The van der Waals surface area contributed by atoms with Crippen LogP contribution >= 0.6 is 11.3 Å². The zero-order valence-electron chi connectivity index (χ0n) is 12.1. The zero-order valence-corrected chi connectivity index (χ0v) is 13.0. The van der Waals surface area contributed by atoms with E-state index in [0.29, 0.717) is 5.92 Å². The summed E-state index contributed by atoms with van der Waals surface area (Å²) in [6, 6.07) is 8.37. The Balaban J connectivity index is 1.98. The number of thiazole rings is 1. The van der Waals surface area contributed by atoms with Gasteiger partial charge < -0.3 is 10.1 Å². The second-order valence-electron chi connectivity index (χ2n) is 4.86. The Labute approximate surface area is 125 Å². The number of benzene rings is 1. The number of ether oxygens (including phenoxy) is 1. The number of nitrogens with one attached hydrogen (secondary N) is 1. The van der Waals surface area contributed by atoms with Crippen molar-refractivity contribution >= 4 is 11.3 Å². The monoisotopic (exact) mass is 290 g/mol. The van der Waals surface area contributed by atoms with Crippen molar-refractivity contribution in [2.45, 2.75) is 19.8 Å². The van der Waals surface area contributed by atoms with E-state index in [0.717, 1.165) is 31.7 Å². The van der Waals surface area contributed by atoms with Crippen molar-refractivity contribution in [1.82, 2.24) is 10.3 Å². The smallest absolute Gasteiger partial charge is 0.118 e. The first kappa shape index (κ1) is 15.0. The van der Waals surface area contributed by atoms with Crippen molar-refractivity contribution in [3.05, 3.63) is 46.4 Å². The number of aromatic nitrogens is 1. The van der Waals surface area contributed by atoms with E-state index < -0.39 is 0 Å². The second kappa shape index (κ2) is 8.02. The summed E-state index contributed by atoms with van der Waals surface area (Å²) in [5, 5.41) is 6.73. The normalized spacial score (nSPS) is 12.3. The van der Waals surface area contributed by atoms with Gasteiger partial charge in [0, 0.05) is 18.0 Å². The molecule has 2 rings (SSSR count). The van der Waals surface area contributed by atoms with Gasteiger partial charge in [-0.15, -0.1) is 11.3 Å². The molecule has 0 amide bonds. The van der Waals surface area contributed by atoms with Crippen molar-refractivity contribution in [3.63, 3.8) is 0 Å². The summed E-state index contributed by atoms with van der Waals surface area (Å²) in [6.45, 7) is 4.19. The van der Waals surface area contributed by atoms with Crippen LogP contribution in [0.15, 0.2) is 35.8 Å². The molecule has 0 saturated carbocycles. The third kappa shape index (κ3) is 4.62. The summed E-state index contributed by atoms with van der Waals surface area (Å²) in [4.78, 5) is 4.40.